The molecule has 0 aromatic heterocycles. The molecule has 0 spiro atoms. The zero-order chi connectivity index (χ0) is 12.4. The smallest absolute Gasteiger partial charge is 0.462 e. The first-order valence-electron chi connectivity index (χ1n) is 4.58. The maximum absolute atomic E-state index is 10.1. The Morgan fingerprint density at radius 2 is 1.44 bits per heavy atom. The molecule has 1 fully saturated rings. The predicted molar refractivity (Wildman–Crippen MR) is 50.6 cm³/mol. The number of carbonyl (C=O) groups excluding carboxylic acids is 3. The largest absolute Gasteiger partial charge is 0.508 e. The zero-order valence-electron chi connectivity index (χ0n) is 9.19. The van der Waals surface area contributed by atoms with Gasteiger partial charge in [0, 0.05) is 13.8 Å². The van der Waals surface area contributed by atoms with Crippen molar-refractivity contribution in [2.24, 2.45) is 0 Å². The summed E-state index contributed by atoms with van der Waals surface area (Å²) in [5.41, 5.74) is 0. The highest BCUT2D eigenvalue weighted by atomic mass is 16.8. The van der Waals surface area contributed by atoms with Crippen LogP contribution in [-0.2, 0) is 28.5 Å². The minimum absolute atomic E-state index is 0.134. The molecule has 92 valence electrons. The molecule has 0 N–H and O–H groups in total. The molecule has 16 heavy (non-hydrogen) atoms. The summed E-state index contributed by atoms with van der Waals surface area (Å²) in [7, 11) is 0. The topological polar surface area (TPSA) is 88.1 Å². The lowest BCUT2D eigenvalue weighted by Crippen LogP contribution is -2.09. The molecule has 0 aromatic rings. The van der Waals surface area contributed by atoms with Crippen LogP contribution in [0, 0.1) is 0 Å². The third kappa shape index (κ3) is 10.3. The van der Waals surface area contributed by atoms with Gasteiger partial charge in [-0.15, -0.1) is 0 Å². The van der Waals surface area contributed by atoms with E-state index in [-0.39, 0.29) is 25.2 Å². The Balaban J connectivity index is 0.000000315. The van der Waals surface area contributed by atoms with Crippen molar-refractivity contribution in [3.63, 3.8) is 0 Å². The number of hydrogen-bond donors (Lipinski definition) is 0. The summed E-state index contributed by atoms with van der Waals surface area (Å²) in [6, 6.07) is 0. The molecule has 0 saturated carbocycles. The van der Waals surface area contributed by atoms with Gasteiger partial charge in [-0.2, -0.15) is 0 Å². The second-order valence-corrected chi connectivity index (χ2v) is 2.63. The fourth-order valence-corrected chi connectivity index (χ4v) is 0.662. The Bertz CT molecular complexity index is 224. The summed E-state index contributed by atoms with van der Waals surface area (Å²) in [4.78, 5) is 30.1. The SMILES string of the molecule is CC(=O)OCCOC(C)=O.O=C1OCCO1. The van der Waals surface area contributed by atoms with Crippen LogP contribution in [0.15, 0.2) is 0 Å². The van der Waals surface area contributed by atoms with Gasteiger partial charge < -0.3 is 18.9 Å². The molecule has 7 heteroatoms. The highest BCUT2D eigenvalue weighted by molar-refractivity contribution is 5.66. The summed E-state index contributed by atoms with van der Waals surface area (Å²) < 4.78 is 17.5. The van der Waals surface area contributed by atoms with Gasteiger partial charge in [0.25, 0.3) is 0 Å². The summed E-state index contributed by atoms with van der Waals surface area (Å²) in [5, 5.41) is 0. The normalized spacial score (nSPS) is 12.8. The molecule has 0 bridgehead atoms. The van der Waals surface area contributed by atoms with E-state index in [4.69, 9.17) is 0 Å². The van der Waals surface area contributed by atoms with Crippen molar-refractivity contribution in [3.8, 4) is 0 Å². The van der Waals surface area contributed by atoms with Crippen molar-refractivity contribution in [1.82, 2.24) is 0 Å². The van der Waals surface area contributed by atoms with Crippen LogP contribution in [0.2, 0.25) is 0 Å². The molecule has 0 unspecified atom stereocenters. The van der Waals surface area contributed by atoms with E-state index in [0.29, 0.717) is 13.2 Å². The number of carbonyl (C=O) groups is 3. The highest BCUT2D eigenvalue weighted by Gasteiger charge is 2.09. The van der Waals surface area contributed by atoms with Gasteiger partial charge in [0.15, 0.2) is 0 Å². The van der Waals surface area contributed by atoms with Crippen LogP contribution in [0.1, 0.15) is 13.8 Å². The third-order valence-corrected chi connectivity index (χ3v) is 1.22. The van der Waals surface area contributed by atoms with Crippen LogP contribution in [0.4, 0.5) is 4.79 Å². The van der Waals surface area contributed by atoms with Crippen LogP contribution in [0.25, 0.3) is 0 Å². The number of esters is 2. The molecule has 1 rings (SSSR count). The predicted octanol–water partition coefficient (Wildman–Crippen LogP) is 0.266. The fourth-order valence-electron chi connectivity index (χ4n) is 0.662. The molecule has 0 aromatic carbocycles. The lowest BCUT2D eigenvalue weighted by molar-refractivity contribution is -0.149. The molecular weight excluding hydrogens is 220 g/mol. The number of rotatable bonds is 3. The summed E-state index contributed by atoms with van der Waals surface area (Å²) in [5.74, 6) is -0.737. The Hall–Kier alpha value is -1.79. The van der Waals surface area contributed by atoms with Gasteiger partial charge in [0.2, 0.25) is 0 Å². The van der Waals surface area contributed by atoms with Crippen molar-refractivity contribution in [2.75, 3.05) is 26.4 Å². The zero-order valence-corrected chi connectivity index (χ0v) is 9.19. The first-order chi connectivity index (χ1) is 7.52. The number of cyclic esters (lactones) is 2. The average molecular weight is 234 g/mol. The number of hydrogen-bond acceptors (Lipinski definition) is 7. The van der Waals surface area contributed by atoms with Gasteiger partial charge in [-0.25, -0.2) is 4.79 Å². The third-order valence-electron chi connectivity index (χ3n) is 1.22. The van der Waals surface area contributed by atoms with Crippen molar-refractivity contribution < 1.29 is 33.3 Å². The quantitative estimate of drug-likeness (QED) is 0.393. The number of ether oxygens (including phenoxy) is 4. The van der Waals surface area contributed by atoms with Crippen molar-refractivity contribution >= 4 is 18.1 Å². The standard InChI is InChI=1S/C6H10O4.C3H4O3/c1-5(7)9-3-4-10-6(2)8;4-3-5-1-2-6-3/h3-4H2,1-2H3;1-2H2. The Kier molecular flexibility index (Phi) is 7.56. The molecule has 0 aliphatic carbocycles. The van der Waals surface area contributed by atoms with Gasteiger partial charge in [0.05, 0.1) is 0 Å². The van der Waals surface area contributed by atoms with Crippen molar-refractivity contribution in [2.45, 2.75) is 13.8 Å². The highest BCUT2D eigenvalue weighted by Crippen LogP contribution is 1.92. The van der Waals surface area contributed by atoms with Crippen LogP contribution < -0.4 is 0 Å². The Morgan fingerprint density at radius 3 is 1.62 bits per heavy atom. The van der Waals surface area contributed by atoms with Crippen LogP contribution >= 0.6 is 0 Å². The molecular formula is C9H14O7. The molecule has 0 radical (unpaired) electrons. The second-order valence-electron chi connectivity index (χ2n) is 2.63. The molecule has 0 atom stereocenters. The van der Waals surface area contributed by atoms with E-state index in [1.165, 1.54) is 13.8 Å². The maximum atomic E-state index is 10.1. The van der Waals surface area contributed by atoms with E-state index >= 15 is 0 Å². The van der Waals surface area contributed by atoms with E-state index < -0.39 is 6.16 Å². The van der Waals surface area contributed by atoms with Gasteiger partial charge in [-0.3, -0.25) is 9.59 Å². The van der Waals surface area contributed by atoms with Gasteiger partial charge in [0.1, 0.15) is 26.4 Å². The first-order valence-corrected chi connectivity index (χ1v) is 4.58. The lowest BCUT2D eigenvalue weighted by Gasteiger charge is -2.00. The van der Waals surface area contributed by atoms with Crippen LogP contribution in [-0.4, -0.2) is 44.5 Å². The van der Waals surface area contributed by atoms with Gasteiger partial charge >= 0.3 is 18.1 Å². The first kappa shape index (κ1) is 14.2. The van der Waals surface area contributed by atoms with Crippen molar-refractivity contribution in [1.29, 1.82) is 0 Å². The van der Waals surface area contributed by atoms with E-state index in [1.807, 2.05) is 0 Å². The van der Waals surface area contributed by atoms with E-state index in [9.17, 15) is 14.4 Å². The molecule has 0 amide bonds. The summed E-state index contributed by atoms with van der Waals surface area (Å²) in [6.45, 7) is 3.70. The lowest BCUT2D eigenvalue weighted by atomic mass is 10.7. The van der Waals surface area contributed by atoms with Gasteiger partial charge in [-0.05, 0) is 0 Å². The van der Waals surface area contributed by atoms with E-state index in [1.54, 1.807) is 0 Å². The summed E-state index contributed by atoms with van der Waals surface area (Å²) >= 11 is 0. The maximum Gasteiger partial charge on any atom is 0.508 e. The average Bonchev–Trinajstić information content (AvgIpc) is 2.64. The fraction of sp³-hybridized carbons (Fsp3) is 0.667. The Morgan fingerprint density at radius 1 is 1.06 bits per heavy atom. The van der Waals surface area contributed by atoms with Crippen LogP contribution in [0.5, 0.6) is 0 Å². The minimum Gasteiger partial charge on any atom is -0.462 e. The van der Waals surface area contributed by atoms with Gasteiger partial charge in [-0.1, -0.05) is 0 Å². The molecule has 1 aliphatic heterocycles. The summed E-state index contributed by atoms with van der Waals surface area (Å²) in [6.07, 6.45) is -0.546. The van der Waals surface area contributed by atoms with E-state index in [0.717, 1.165) is 0 Å². The monoisotopic (exact) mass is 234 g/mol. The second kappa shape index (κ2) is 8.51. The van der Waals surface area contributed by atoms with Crippen molar-refractivity contribution in [3.05, 3.63) is 0 Å². The minimum atomic E-state index is -0.546. The molecule has 1 aliphatic rings. The Labute approximate surface area is 92.6 Å². The van der Waals surface area contributed by atoms with Crippen LogP contribution in [0.3, 0.4) is 0 Å². The molecule has 1 heterocycles. The van der Waals surface area contributed by atoms with E-state index in [2.05, 4.69) is 18.9 Å². The molecule has 1 saturated heterocycles. The molecule has 7 nitrogen and oxygen atoms in total.